The molecule has 2 aromatic heterocycles. The first kappa shape index (κ1) is 15.3. The molecule has 21 heavy (non-hydrogen) atoms. The monoisotopic (exact) mass is 385 g/mol. The summed E-state index contributed by atoms with van der Waals surface area (Å²) in [4.78, 5) is 10.5. The van der Waals surface area contributed by atoms with Gasteiger partial charge in [0.1, 0.15) is 5.82 Å². The minimum atomic E-state index is 0.536. The average Bonchev–Trinajstić information content (AvgIpc) is 3.12. The van der Waals surface area contributed by atoms with Crippen molar-refractivity contribution in [2.75, 3.05) is 11.9 Å². The van der Waals surface area contributed by atoms with E-state index in [1.54, 1.807) is 11.3 Å². The normalized spacial score (nSPS) is 15.6. The molecule has 0 radical (unpaired) electrons. The van der Waals surface area contributed by atoms with Crippen molar-refractivity contribution in [3.63, 3.8) is 0 Å². The maximum absolute atomic E-state index is 6.04. The first-order chi connectivity index (χ1) is 10.2. The Bertz CT molecular complexity index is 638. The summed E-state index contributed by atoms with van der Waals surface area (Å²) in [6.07, 6.45) is 5.01. The van der Waals surface area contributed by atoms with E-state index in [2.05, 4.69) is 33.2 Å². The Morgan fingerprint density at radius 2 is 2.14 bits per heavy atom. The van der Waals surface area contributed by atoms with Crippen LogP contribution in [-0.2, 0) is 0 Å². The minimum absolute atomic E-state index is 0.536. The largest absolute Gasteiger partial charge is 0.369 e. The Morgan fingerprint density at radius 3 is 2.76 bits per heavy atom. The fourth-order valence-electron chi connectivity index (χ4n) is 2.76. The fourth-order valence-corrected chi connectivity index (χ4v) is 4.41. The molecule has 0 aliphatic heterocycles. The van der Waals surface area contributed by atoms with Crippen LogP contribution in [0.3, 0.4) is 0 Å². The zero-order chi connectivity index (χ0) is 14.8. The summed E-state index contributed by atoms with van der Waals surface area (Å²) in [6, 6.07) is 1.93. The quantitative estimate of drug-likeness (QED) is 0.731. The lowest BCUT2D eigenvalue weighted by Crippen LogP contribution is -2.08. The molecular formula is C15H17BrClN3S. The lowest BCUT2D eigenvalue weighted by molar-refractivity contribution is 0.691. The van der Waals surface area contributed by atoms with Gasteiger partial charge in [-0.2, -0.15) is 0 Å². The smallest absolute Gasteiger partial charge is 0.172 e. The third-order valence-corrected chi connectivity index (χ3v) is 5.81. The van der Waals surface area contributed by atoms with Crippen LogP contribution in [0.15, 0.2) is 15.9 Å². The lowest BCUT2D eigenvalue weighted by Gasteiger charge is -2.15. The van der Waals surface area contributed by atoms with Gasteiger partial charge in [0.2, 0.25) is 0 Å². The van der Waals surface area contributed by atoms with Gasteiger partial charge in [-0.1, -0.05) is 24.4 Å². The van der Waals surface area contributed by atoms with Crippen molar-refractivity contribution >= 4 is 44.7 Å². The second-order valence-electron chi connectivity index (χ2n) is 5.24. The van der Waals surface area contributed by atoms with Crippen molar-refractivity contribution in [1.29, 1.82) is 0 Å². The number of hydrogen-bond donors (Lipinski definition) is 1. The van der Waals surface area contributed by atoms with Crippen molar-refractivity contribution < 1.29 is 0 Å². The first-order valence-electron chi connectivity index (χ1n) is 7.24. The average molecular weight is 387 g/mol. The fraction of sp³-hybridized carbons (Fsp3) is 0.467. The molecule has 0 aromatic carbocycles. The van der Waals surface area contributed by atoms with E-state index in [4.69, 9.17) is 16.6 Å². The van der Waals surface area contributed by atoms with E-state index in [9.17, 15) is 0 Å². The molecule has 3 rings (SSSR count). The van der Waals surface area contributed by atoms with Crippen LogP contribution in [0.2, 0.25) is 5.02 Å². The van der Waals surface area contributed by atoms with Gasteiger partial charge in [-0.25, -0.2) is 9.97 Å². The highest BCUT2D eigenvalue weighted by Gasteiger charge is 2.24. The van der Waals surface area contributed by atoms with Gasteiger partial charge in [-0.15, -0.1) is 11.3 Å². The Balaban J connectivity index is 2.07. The number of nitrogens with one attached hydrogen (secondary N) is 1. The predicted octanol–water partition coefficient (Wildman–Crippen LogP) is 5.71. The van der Waals surface area contributed by atoms with Crippen LogP contribution >= 0.6 is 38.9 Å². The second kappa shape index (κ2) is 6.63. The number of aromatic nitrogens is 2. The summed E-state index contributed by atoms with van der Waals surface area (Å²) < 4.78 is 1.02. The molecule has 0 atom stereocenters. The molecule has 1 aliphatic carbocycles. The molecule has 112 valence electrons. The SMILES string of the molecule is CCNc1nc(-c2cc(Cl)cs2)nc(C2CCCC2)c1Br. The summed E-state index contributed by atoms with van der Waals surface area (Å²) in [7, 11) is 0. The van der Waals surface area contributed by atoms with E-state index in [-0.39, 0.29) is 0 Å². The molecule has 2 aromatic rings. The van der Waals surface area contributed by atoms with Gasteiger partial charge in [-0.05, 0) is 41.8 Å². The van der Waals surface area contributed by atoms with Gasteiger partial charge < -0.3 is 5.32 Å². The first-order valence-corrected chi connectivity index (χ1v) is 9.29. The zero-order valence-electron chi connectivity index (χ0n) is 11.8. The van der Waals surface area contributed by atoms with Gasteiger partial charge in [-0.3, -0.25) is 0 Å². The number of rotatable bonds is 4. The number of thiophene rings is 1. The Morgan fingerprint density at radius 1 is 1.38 bits per heavy atom. The number of nitrogens with zero attached hydrogens (tertiary/aromatic N) is 2. The lowest BCUT2D eigenvalue weighted by atomic mass is 10.0. The molecule has 2 heterocycles. The number of hydrogen-bond acceptors (Lipinski definition) is 4. The van der Waals surface area contributed by atoms with E-state index >= 15 is 0 Å². The van der Waals surface area contributed by atoms with E-state index in [0.717, 1.165) is 38.3 Å². The molecule has 1 fully saturated rings. The molecule has 0 unspecified atom stereocenters. The molecular weight excluding hydrogens is 370 g/mol. The van der Waals surface area contributed by atoms with Crippen LogP contribution < -0.4 is 5.32 Å². The van der Waals surface area contributed by atoms with E-state index in [0.29, 0.717) is 5.92 Å². The standard InChI is InChI=1S/C15H17BrClN3S/c1-2-18-15-12(16)13(9-5-3-4-6-9)19-14(20-15)11-7-10(17)8-21-11/h7-9H,2-6H2,1H3,(H,18,19,20). The Labute approximate surface area is 142 Å². The molecule has 1 saturated carbocycles. The van der Waals surface area contributed by atoms with Gasteiger partial charge >= 0.3 is 0 Å². The topological polar surface area (TPSA) is 37.8 Å². The molecule has 3 nitrogen and oxygen atoms in total. The van der Waals surface area contributed by atoms with Gasteiger partial charge in [0, 0.05) is 17.8 Å². The highest BCUT2D eigenvalue weighted by molar-refractivity contribution is 9.10. The Hall–Kier alpha value is -0.650. The van der Waals surface area contributed by atoms with Gasteiger partial charge in [0.05, 0.1) is 20.1 Å². The molecule has 0 saturated heterocycles. The molecule has 0 amide bonds. The summed E-state index contributed by atoms with van der Waals surface area (Å²) in [5.41, 5.74) is 1.14. The molecule has 0 bridgehead atoms. The molecule has 1 N–H and O–H groups in total. The van der Waals surface area contributed by atoms with E-state index < -0.39 is 0 Å². The van der Waals surface area contributed by atoms with Crippen LogP contribution in [0.1, 0.15) is 44.2 Å². The van der Waals surface area contributed by atoms with E-state index in [1.807, 2.05) is 11.4 Å². The second-order valence-corrected chi connectivity index (χ2v) is 7.38. The van der Waals surface area contributed by atoms with Crippen LogP contribution in [0, 0.1) is 0 Å². The maximum Gasteiger partial charge on any atom is 0.172 e. The summed E-state index contributed by atoms with van der Waals surface area (Å²) in [5, 5.41) is 6.00. The number of halogens is 2. The highest BCUT2D eigenvalue weighted by Crippen LogP contribution is 2.40. The van der Waals surface area contributed by atoms with Crippen LogP contribution in [0.4, 0.5) is 5.82 Å². The van der Waals surface area contributed by atoms with Gasteiger partial charge in [0.25, 0.3) is 0 Å². The molecule has 6 heteroatoms. The van der Waals surface area contributed by atoms with Crippen molar-refractivity contribution in [2.24, 2.45) is 0 Å². The zero-order valence-corrected chi connectivity index (χ0v) is 15.0. The van der Waals surface area contributed by atoms with Crippen molar-refractivity contribution in [3.8, 4) is 10.7 Å². The maximum atomic E-state index is 6.04. The minimum Gasteiger partial charge on any atom is -0.369 e. The Kier molecular flexibility index (Phi) is 4.82. The van der Waals surface area contributed by atoms with Crippen molar-refractivity contribution in [1.82, 2.24) is 9.97 Å². The third kappa shape index (κ3) is 3.25. The molecule has 1 aliphatic rings. The summed E-state index contributed by atoms with van der Waals surface area (Å²) in [5.74, 6) is 2.19. The third-order valence-electron chi connectivity index (χ3n) is 3.75. The van der Waals surface area contributed by atoms with Crippen LogP contribution in [0.5, 0.6) is 0 Å². The predicted molar refractivity (Wildman–Crippen MR) is 93.4 cm³/mol. The van der Waals surface area contributed by atoms with Crippen LogP contribution in [0.25, 0.3) is 10.7 Å². The highest BCUT2D eigenvalue weighted by atomic mass is 79.9. The van der Waals surface area contributed by atoms with E-state index in [1.165, 1.54) is 25.7 Å². The van der Waals surface area contributed by atoms with Crippen LogP contribution in [-0.4, -0.2) is 16.5 Å². The molecule has 0 spiro atoms. The van der Waals surface area contributed by atoms with Gasteiger partial charge in [0.15, 0.2) is 5.82 Å². The van der Waals surface area contributed by atoms with Crippen molar-refractivity contribution in [2.45, 2.75) is 38.5 Å². The summed E-state index contributed by atoms with van der Waals surface area (Å²) >= 11 is 11.3. The summed E-state index contributed by atoms with van der Waals surface area (Å²) in [6.45, 7) is 2.91. The van der Waals surface area contributed by atoms with Crippen molar-refractivity contribution in [3.05, 3.63) is 26.6 Å². The number of anilines is 1.